The van der Waals surface area contributed by atoms with E-state index in [9.17, 15) is 10.1 Å². The summed E-state index contributed by atoms with van der Waals surface area (Å²) in [6.07, 6.45) is 0. The highest BCUT2D eigenvalue weighted by atomic mass is 16.5. The van der Waals surface area contributed by atoms with Gasteiger partial charge < -0.3 is 20.0 Å². The normalized spacial score (nSPS) is 16.6. The molecule has 0 saturated heterocycles. The molecule has 0 radical (unpaired) electrons. The van der Waals surface area contributed by atoms with Gasteiger partial charge in [-0.25, -0.2) is 4.79 Å². The molecule has 110 valence electrons. The lowest BCUT2D eigenvalue weighted by molar-refractivity contribution is 0.236. The van der Waals surface area contributed by atoms with Gasteiger partial charge >= 0.3 is 5.63 Å². The molecule has 1 aromatic heterocycles. The molecule has 3 rings (SSSR count). The van der Waals surface area contributed by atoms with Crippen LogP contribution in [0, 0.1) is 11.3 Å². The third-order valence-corrected chi connectivity index (χ3v) is 3.47. The minimum Gasteiger partial charge on any atom is -0.440 e. The Bertz CT molecular complexity index is 847. The molecule has 0 spiro atoms. The second-order valence-electron chi connectivity index (χ2n) is 4.77. The number of benzene rings is 1. The number of rotatable bonds is 2. The highest BCUT2D eigenvalue weighted by Gasteiger charge is 2.34. The van der Waals surface area contributed by atoms with Gasteiger partial charge in [-0.1, -0.05) is 30.3 Å². The largest absolute Gasteiger partial charge is 0.440 e. The van der Waals surface area contributed by atoms with Crippen molar-refractivity contribution in [2.45, 2.75) is 12.5 Å². The topological polar surface area (TPSA) is 109 Å². The van der Waals surface area contributed by atoms with Crippen molar-refractivity contribution in [3.05, 3.63) is 75.2 Å². The first kappa shape index (κ1) is 13.9. The number of nitriles is 1. The van der Waals surface area contributed by atoms with Gasteiger partial charge in [0.05, 0.1) is 11.5 Å². The SMILES string of the molecule is N#CC1=C(N)Oc2cc(CO)oc(=O)c2[C@@H]1c1ccccc1. The van der Waals surface area contributed by atoms with Crippen molar-refractivity contribution in [2.75, 3.05) is 0 Å². The molecule has 0 saturated carbocycles. The van der Waals surface area contributed by atoms with E-state index in [1.54, 1.807) is 24.3 Å². The summed E-state index contributed by atoms with van der Waals surface area (Å²) in [6, 6.07) is 12.4. The molecule has 22 heavy (non-hydrogen) atoms. The Morgan fingerprint density at radius 1 is 1.32 bits per heavy atom. The van der Waals surface area contributed by atoms with Crippen LogP contribution in [0.4, 0.5) is 0 Å². The molecule has 2 aromatic rings. The number of ether oxygens (including phenoxy) is 1. The summed E-state index contributed by atoms with van der Waals surface area (Å²) in [5, 5.41) is 18.5. The van der Waals surface area contributed by atoms with Gasteiger partial charge in [0, 0.05) is 6.07 Å². The second-order valence-corrected chi connectivity index (χ2v) is 4.77. The van der Waals surface area contributed by atoms with Crippen molar-refractivity contribution < 1.29 is 14.3 Å². The molecule has 3 N–H and O–H groups in total. The van der Waals surface area contributed by atoms with Crippen molar-refractivity contribution in [3.63, 3.8) is 0 Å². The minimum absolute atomic E-state index is 0.0571. The molecule has 1 aliphatic rings. The smallest absolute Gasteiger partial charge is 0.343 e. The number of fused-ring (bicyclic) bond motifs is 1. The van der Waals surface area contributed by atoms with E-state index in [2.05, 4.69) is 0 Å². The second kappa shape index (κ2) is 5.39. The minimum atomic E-state index is -0.657. The van der Waals surface area contributed by atoms with Crippen LogP contribution >= 0.6 is 0 Å². The van der Waals surface area contributed by atoms with Crippen molar-refractivity contribution in [3.8, 4) is 11.8 Å². The number of aliphatic hydroxyl groups excluding tert-OH is 1. The van der Waals surface area contributed by atoms with Crippen LogP contribution in [0.5, 0.6) is 5.75 Å². The fourth-order valence-electron chi connectivity index (χ4n) is 2.51. The van der Waals surface area contributed by atoms with Crippen molar-refractivity contribution in [1.29, 1.82) is 5.26 Å². The molecule has 0 unspecified atom stereocenters. The number of aliphatic hydroxyl groups is 1. The summed E-state index contributed by atoms with van der Waals surface area (Å²) in [5.74, 6) is -0.438. The molecule has 0 bridgehead atoms. The van der Waals surface area contributed by atoms with Gasteiger partial charge in [0.25, 0.3) is 0 Å². The standard InChI is InChI=1S/C16H12N2O4/c17-7-11-13(9-4-2-1-3-5-9)14-12(22-15(11)18)6-10(8-19)21-16(14)20/h1-6,13,19H,8,18H2/t13-/m1/s1. The van der Waals surface area contributed by atoms with E-state index in [0.717, 1.165) is 5.56 Å². The Balaban J connectivity index is 2.29. The number of nitrogens with zero attached hydrogens (tertiary/aromatic N) is 1. The molecular formula is C16H12N2O4. The number of allylic oxidation sites excluding steroid dienone is 1. The maximum absolute atomic E-state index is 12.3. The highest BCUT2D eigenvalue weighted by Crippen LogP contribution is 2.40. The summed E-state index contributed by atoms with van der Waals surface area (Å²) < 4.78 is 10.4. The predicted molar refractivity (Wildman–Crippen MR) is 76.6 cm³/mol. The summed E-state index contributed by atoms with van der Waals surface area (Å²) in [4.78, 5) is 12.3. The monoisotopic (exact) mass is 296 g/mol. The zero-order chi connectivity index (χ0) is 15.7. The molecule has 1 aromatic carbocycles. The van der Waals surface area contributed by atoms with E-state index in [1.807, 2.05) is 12.1 Å². The summed E-state index contributed by atoms with van der Waals surface area (Å²) in [7, 11) is 0. The Kier molecular flexibility index (Phi) is 3.41. The fourth-order valence-corrected chi connectivity index (χ4v) is 2.51. The van der Waals surface area contributed by atoms with Crippen molar-refractivity contribution in [1.82, 2.24) is 0 Å². The van der Waals surface area contributed by atoms with Gasteiger partial charge in [0.15, 0.2) is 0 Å². The van der Waals surface area contributed by atoms with E-state index < -0.39 is 18.2 Å². The van der Waals surface area contributed by atoms with Crippen LogP contribution in [-0.4, -0.2) is 5.11 Å². The van der Waals surface area contributed by atoms with Crippen LogP contribution in [0.1, 0.15) is 22.8 Å². The maximum atomic E-state index is 12.3. The van der Waals surface area contributed by atoms with Gasteiger partial charge in [0.1, 0.15) is 29.8 Å². The molecule has 2 heterocycles. The van der Waals surface area contributed by atoms with E-state index >= 15 is 0 Å². The number of hydrogen-bond acceptors (Lipinski definition) is 6. The van der Waals surface area contributed by atoms with Gasteiger partial charge in [-0.2, -0.15) is 5.26 Å². The molecular weight excluding hydrogens is 284 g/mol. The van der Waals surface area contributed by atoms with Crippen LogP contribution in [0.15, 0.2) is 57.1 Å². The number of hydrogen-bond donors (Lipinski definition) is 2. The summed E-state index contributed by atoms with van der Waals surface area (Å²) in [6.45, 7) is -0.434. The summed E-state index contributed by atoms with van der Waals surface area (Å²) in [5.41, 5.74) is 6.25. The quantitative estimate of drug-likeness (QED) is 0.865. The van der Waals surface area contributed by atoms with Gasteiger partial charge in [-0.15, -0.1) is 0 Å². The van der Waals surface area contributed by atoms with Crippen LogP contribution in [0.2, 0.25) is 0 Å². The lowest BCUT2D eigenvalue weighted by Gasteiger charge is -2.25. The van der Waals surface area contributed by atoms with Crippen LogP contribution in [-0.2, 0) is 6.61 Å². The molecule has 0 aliphatic carbocycles. The average Bonchev–Trinajstić information content (AvgIpc) is 2.54. The molecule has 0 fully saturated rings. The first-order chi connectivity index (χ1) is 10.7. The van der Waals surface area contributed by atoms with Crippen LogP contribution < -0.4 is 16.1 Å². The van der Waals surface area contributed by atoms with Crippen molar-refractivity contribution in [2.24, 2.45) is 5.73 Å². The average molecular weight is 296 g/mol. The molecule has 6 heteroatoms. The van der Waals surface area contributed by atoms with Gasteiger partial charge in [-0.3, -0.25) is 0 Å². The van der Waals surface area contributed by atoms with E-state index in [-0.39, 0.29) is 28.5 Å². The Labute approximate surface area is 125 Å². The third kappa shape index (κ3) is 2.14. The van der Waals surface area contributed by atoms with Crippen molar-refractivity contribution >= 4 is 0 Å². The first-order valence-corrected chi connectivity index (χ1v) is 6.56. The highest BCUT2D eigenvalue weighted by molar-refractivity contribution is 5.54. The zero-order valence-electron chi connectivity index (χ0n) is 11.4. The lowest BCUT2D eigenvalue weighted by Crippen LogP contribution is -2.26. The molecule has 1 atom stereocenters. The molecule has 6 nitrogen and oxygen atoms in total. The third-order valence-electron chi connectivity index (χ3n) is 3.47. The summed E-state index contributed by atoms with van der Waals surface area (Å²) >= 11 is 0. The van der Waals surface area contributed by atoms with E-state index in [1.165, 1.54) is 6.07 Å². The maximum Gasteiger partial charge on any atom is 0.343 e. The van der Waals surface area contributed by atoms with Crippen LogP contribution in [0.25, 0.3) is 0 Å². The first-order valence-electron chi connectivity index (χ1n) is 6.56. The van der Waals surface area contributed by atoms with Gasteiger partial charge in [-0.05, 0) is 5.56 Å². The Morgan fingerprint density at radius 2 is 2.05 bits per heavy atom. The molecule has 0 amide bonds. The Hall–Kier alpha value is -3.04. The lowest BCUT2D eigenvalue weighted by atomic mass is 9.84. The van der Waals surface area contributed by atoms with Gasteiger partial charge in [0.2, 0.25) is 5.88 Å². The molecule has 1 aliphatic heterocycles. The number of nitrogens with two attached hydrogens (primary N) is 1. The fraction of sp³-hybridized carbons (Fsp3) is 0.125. The Morgan fingerprint density at radius 3 is 2.68 bits per heavy atom. The van der Waals surface area contributed by atoms with E-state index in [0.29, 0.717) is 0 Å². The predicted octanol–water partition coefficient (Wildman–Crippen LogP) is 1.35. The van der Waals surface area contributed by atoms with E-state index in [4.69, 9.17) is 20.0 Å². The zero-order valence-corrected chi connectivity index (χ0v) is 11.4. The van der Waals surface area contributed by atoms with Crippen LogP contribution in [0.3, 0.4) is 0 Å².